The molecule has 62 valence electrons. The van der Waals surface area contributed by atoms with Crippen LogP contribution in [0.1, 0.15) is 0 Å². The first-order valence-electron chi connectivity index (χ1n) is 3.47. The van der Waals surface area contributed by atoms with E-state index in [9.17, 15) is 4.79 Å². The minimum atomic E-state index is 0.0210. The molecule has 0 aliphatic carbocycles. The largest absolute Gasteiger partial charge is 0.311 e. The molecule has 0 aromatic heterocycles. The second-order valence-electron chi connectivity index (χ2n) is 2.34. The second kappa shape index (κ2) is 3.79. The zero-order valence-electron chi connectivity index (χ0n) is 6.59. The molecule has 0 aromatic carbocycles. The van der Waals surface area contributed by atoms with E-state index in [2.05, 4.69) is 15.8 Å². The fourth-order valence-electron chi connectivity index (χ4n) is 1.05. The molecule has 3 unspecified atom stereocenters. The molecule has 0 radical (unpaired) electrons. The summed E-state index contributed by atoms with van der Waals surface area (Å²) in [4.78, 5) is 11.1. The van der Waals surface area contributed by atoms with Gasteiger partial charge < -0.3 is 5.32 Å². The van der Waals surface area contributed by atoms with E-state index >= 15 is 0 Å². The molecular formula is C6H12N3OP. The monoisotopic (exact) mass is 173 g/mol. The predicted molar refractivity (Wildman–Crippen MR) is 47.5 cm³/mol. The molecule has 1 aliphatic heterocycles. The molecule has 1 rings (SSSR count). The third-order valence-corrected chi connectivity index (χ3v) is 2.94. The minimum absolute atomic E-state index is 0.0210. The zero-order valence-corrected chi connectivity index (χ0v) is 7.59. The first-order chi connectivity index (χ1) is 5.29. The van der Waals surface area contributed by atoms with Crippen LogP contribution >= 0.6 is 8.58 Å². The number of nitrogens with zero attached hydrogens (tertiary/aromatic N) is 1. The summed E-state index contributed by atoms with van der Waals surface area (Å²) in [5, 5.41) is 6.76. The van der Waals surface area contributed by atoms with Crippen LogP contribution in [0.25, 0.3) is 0 Å². The Bertz CT molecular complexity index is 183. The SMILES string of the molecule is CNC1C=NNC(=O)C1PC. The van der Waals surface area contributed by atoms with E-state index in [1.807, 2.05) is 13.7 Å². The Balaban J connectivity index is 2.68. The van der Waals surface area contributed by atoms with E-state index in [0.717, 1.165) is 0 Å². The first kappa shape index (κ1) is 8.62. The van der Waals surface area contributed by atoms with E-state index in [1.54, 1.807) is 6.21 Å². The lowest BCUT2D eigenvalue weighted by Crippen LogP contribution is -2.48. The number of amides is 1. The van der Waals surface area contributed by atoms with Gasteiger partial charge in [-0.2, -0.15) is 5.10 Å². The quantitative estimate of drug-likeness (QED) is 0.546. The molecule has 3 atom stereocenters. The molecule has 0 fully saturated rings. The molecule has 11 heavy (non-hydrogen) atoms. The van der Waals surface area contributed by atoms with Gasteiger partial charge in [-0.25, -0.2) is 5.43 Å². The number of hydrogen-bond acceptors (Lipinski definition) is 3. The summed E-state index contributed by atoms with van der Waals surface area (Å²) in [5.41, 5.74) is 2.50. The van der Waals surface area contributed by atoms with Crippen molar-refractivity contribution >= 4 is 20.7 Å². The zero-order chi connectivity index (χ0) is 8.27. The molecule has 0 bridgehead atoms. The topological polar surface area (TPSA) is 53.5 Å². The summed E-state index contributed by atoms with van der Waals surface area (Å²) in [6.45, 7) is 2.02. The van der Waals surface area contributed by atoms with Gasteiger partial charge in [-0.1, -0.05) is 0 Å². The molecule has 5 heteroatoms. The van der Waals surface area contributed by atoms with Gasteiger partial charge in [0.1, 0.15) is 0 Å². The molecule has 0 saturated heterocycles. The summed E-state index contributed by atoms with van der Waals surface area (Å²) in [6.07, 6.45) is 1.74. The van der Waals surface area contributed by atoms with Gasteiger partial charge in [0.15, 0.2) is 0 Å². The first-order valence-corrected chi connectivity index (χ1v) is 5.05. The van der Waals surface area contributed by atoms with Crippen LogP contribution in [0.15, 0.2) is 5.10 Å². The molecule has 1 aliphatic rings. The third-order valence-electron chi connectivity index (χ3n) is 1.70. The van der Waals surface area contributed by atoms with Gasteiger partial charge in [-0.05, 0) is 13.7 Å². The maximum Gasteiger partial charge on any atom is 0.249 e. The lowest BCUT2D eigenvalue weighted by atomic mass is 10.2. The van der Waals surface area contributed by atoms with Crippen LogP contribution in [-0.2, 0) is 4.79 Å². The van der Waals surface area contributed by atoms with Crippen LogP contribution < -0.4 is 10.7 Å². The average molecular weight is 173 g/mol. The molecule has 0 saturated carbocycles. The van der Waals surface area contributed by atoms with Crippen molar-refractivity contribution < 1.29 is 4.79 Å². The van der Waals surface area contributed by atoms with E-state index < -0.39 is 0 Å². The Morgan fingerprint density at radius 2 is 2.55 bits per heavy atom. The van der Waals surface area contributed by atoms with Gasteiger partial charge in [-0.3, -0.25) is 4.79 Å². The fourth-order valence-corrected chi connectivity index (χ4v) is 1.99. The highest BCUT2D eigenvalue weighted by Crippen LogP contribution is 2.18. The number of nitrogens with one attached hydrogen (secondary N) is 2. The number of carbonyl (C=O) groups excluding carboxylic acids is 1. The van der Waals surface area contributed by atoms with Crippen LogP contribution in [0.2, 0.25) is 0 Å². The van der Waals surface area contributed by atoms with Crippen molar-refractivity contribution in [3.63, 3.8) is 0 Å². The maximum atomic E-state index is 11.1. The standard InChI is InChI=1S/C6H12N3OP/c1-7-4-3-8-9-6(10)5(4)11-2/h3-5,7,11H,1-2H3,(H,9,10). The van der Waals surface area contributed by atoms with Gasteiger partial charge in [0.25, 0.3) is 0 Å². The smallest absolute Gasteiger partial charge is 0.249 e. The van der Waals surface area contributed by atoms with Crippen LogP contribution in [0.5, 0.6) is 0 Å². The van der Waals surface area contributed by atoms with Crippen molar-refractivity contribution in [1.29, 1.82) is 0 Å². The van der Waals surface area contributed by atoms with Gasteiger partial charge in [0.2, 0.25) is 5.91 Å². The number of hydrogen-bond donors (Lipinski definition) is 2. The Hall–Kier alpha value is -0.470. The van der Waals surface area contributed by atoms with Gasteiger partial charge in [0.05, 0.1) is 11.7 Å². The Morgan fingerprint density at radius 1 is 1.82 bits per heavy atom. The number of hydrazone groups is 1. The number of rotatable bonds is 2. The lowest BCUT2D eigenvalue weighted by molar-refractivity contribution is -0.121. The van der Waals surface area contributed by atoms with Gasteiger partial charge in [0, 0.05) is 6.21 Å². The van der Waals surface area contributed by atoms with Crippen LogP contribution in [0, 0.1) is 0 Å². The van der Waals surface area contributed by atoms with E-state index in [4.69, 9.17) is 0 Å². The molecule has 0 aromatic rings. The molecule has 2 N–H and O–H groups in total. The lowest BCUT2D eigenvalue weighted by Gasteiger charge is -2.23. The Kier molecular flexibility index (Phi) is 2.97. The highest BCUT2D eigenvalue weighted by Gasteiger charge is 2.26. The van der Waals surface area contributed by atoms with E-state index in [1.165, 1.54) is 0 Å². The summed E-state index contributed by atoms with van der Waals surface area (Å²) >= 11 is 0. The fraction of sp³-hybridized carbons (Fsp3) is 0.667. The maximum absolute atomic E-state index is 11.1. The average Bonchev–Trinajstić information content (AvgIpc) is 2.04. The summed E-state index contributed by atoms with van der Waals surface area (Å²) in [7, 11) is 2.44. The van der Waals surface area contributed by atoms with E-state index in [0.29, 0.717) is 8.58 Å². The summed E-state index contributed by atoms with van der Waals surface area (Å²) in [6, 6.07) is 0.104. The molecular weight excluding hydrogens is 161 g/mol. The van der Waals surface area contributed by atoms with Gasteiger partial charge in [-0.15, -0.1) is 8.58 Å². The van der Waals surface area contributed by atoms with Crippen molar-refractivity contribution in [2.75, 3.05) is 13.7 Å². The van der Waals surface area contributed by atoms with Crippen molar-refractivity contribution in [3.8, 4) is 0 Å². The van der Waals surface area contributed by atoms with Gasteiger partial charge >= 0.3 is 0 Å². The van der Waals surface area contributed by atoms with Crippen LogP contribution in [-0.4, -0.2) is 37.5 Å². The minimum Gasteiger partial charge on any atom is -0.311 e. The second-order valence-corrected chi connectivity index (χ2v) is 3.53. The molecule has 1 amide bonds. The highest BCUT2D eigenvalue weighted by molar-refractivity contribution is 7.39. The van der Waals surface area contributed by atoms with Crippen LogP contribution in [0.3, 0.4) is 0 Å². The summed E-state index contributed by atoms with van der Waals surface area (Å²) < 4.78 is 0. The number of carbonyl (C=O) groups is 1. The Labute approximate surface area is 67.6 Å². The highest BCUT2D eigenvalue weighted by atomic mass is 31.1. The normalized spacial score (nSPS) is 31.3. The Morgan fingerprint density at radius 3 is 3.00 bits per heavy atom. The molecule has 1 heterocycles. The molecule has 0 spiro atoms. The van der Waals surface area contributed by atoms with Crippen molar-refractivity contribution in [2.45, 2.75) is 11.7 Å². The summed E-state index contributed by atoms with van der Waals surface area (Å²) in [5.74, 6) is 0.0210. The predicted octanol–water partition coefficient (Wildman–Crippen LogP) is -0.633. The third kappa shape index (κ3) is 1.76. The van der Waals surface area contributed by atoms with Crippen molar-refractivity contribution in [2.24, 2.45) is 5.10 Å². The van der Waals surface area contributed by atoms with E-state index in [-0.39, 0.29) is 17.6 Å². The van der Waals surface area contributed by atoms with Crippen molar-refractivity contribution in [3.05, 3.63) is 0 Å². The van der Waals surface area contributed by atoms with Crippen LogP contribution in [0.4, 0.5) is 0 Å². The molecule has 4 nitrogen and oxygen atoms in total. The van der Waals surface area contributed by atoms with Crippen molar-refractivity contribution in [1.82, 2.24) is 10.7 Å².